The molecule has 9 rings (SSSR count). The van der Waals surface area contributed by atoms with Gasteiger partial charge in [-0.3, -0.25) is 0 Å². The van der Waals surface area contributed by atoms with Crippen LogP contribution in [0.2, 0.25) is 0 Å². The number of rotatable bonds is 2. The number of hydrogen-bond acceptors (Lipinski definition) is 0. The van der Waals surface area contributed by atoms with E-state index in [1.165, 1.54) is 82.4 Å². The molecule has 2 aromatic heterocycles. The molecular formula is C38H22Se2. The SMILES string of the molecule is c1ccc(-c2ccc3cc4[se]c5cc6c(cc5c4cc3c2)[se]c2cc3ccc(-c4ccccc4)cc3cc26)cc1. The molecule has 40 heavy (non-hydrogen) atoms. The van der Waals surface area contributed by atoms with Gasteiger partial charge in [0.2, 0.25) is 0 Å². The van der Waals surface area contributed by atoms with Crippen LogP contribution in [0.3, 0.4) is 0 Å². The van der Waals surface area contributed by atoms with Crippen LogP contribution in [0.25, 0.3) is 82.4 Å². The molecule has 0 nitrogen and oxygen atoms in total. The summed E-state index contributed by atoms with van der Waals surface area (Å²) >= 11 is 0.665. The van der Waals surface area contributed by atoms with E-state index in [1.54, 1.807) is 0 Å². The van der Waals surface area contributed by atoms with Crippen molar-refractivity contribution < 1.29 is 0 Å². The predicted molar refractivity (Wildman–Crippen MR) is 176 cm³/mol. The van der Waals surface area contributed by atoms with Gasteiger partial charge in [0.05, 0.1) is 0 Å². The van der Waals surface area contributed by atoms with Gasteiger partial charge in [-0.2, -0.15) is 0 Å². The van der Waals surface area contributed by atoms with Crippen LogP contribution >= 0.6 is 0 Å². The Morgan fingerprint density at radius 1 is 0.275 bits per heavy atom. The van der Waals surface area contributed by atoms with Crippen LogP contribution in [0.5, 0.6) is 0 Å². The first-order chi connectivity index (χ1) is 19.8. The van der Waals surface area contributed by atoms with Gasteiger partial charge in [0.25, 0.3) is 0 Å². The van der Waals surface area contributed by atoms with E-state index in [1.807, 2.05) is 0 Å². The van der Waals surface area contributed by atoms with E-state index < -0.39 is 0 Å². The fourth-order valence-corrected chi connectivity index (χ4v) is 11.0. The van der Waals surface area contributed by atoms with E-state index in [9.17, 15) is 0 Å². The molecule has 0 spiro atoms. The quantitative estimate of drug-likeness (QED) is 0.166. The number of hydrogen-bond donors (Lipinski definition) is 0. The Labute approximate surface area is 243 Å². The van der Waals surface area contributed by atoms with E-state index in [0.717, 1.165) is 0 Å². The summed E-state index contributed by atoms with van der Waals surface area (Å²) < 4.78 is 6.10. The van der Waals surface area contributed by atoms with Crippen molar-refractivity contribution in [1.82, 2.24) is 0 Å². The van der Waals surface area contributed by atoms with Crippen LogP contribution in [-0.2, 0) is 0 Å². The predicted octanol–water partition coefficient (Wildman–Crippen LogP) is 10.1. The van der Waals surface area contributed by atoms with E-state index in [-0.39, 0.29) is 0 Å². The van der Waals surface area contributed by atoms with Gasteiger partial charge >= 0.3 is 245 Å². The van der Waals surface area contributed by atoms with Gasteiger partial charge in [-0.05, 0) is 0 Å². The molecule has 0 N–H and O–H groups in total. The van der Waals surface area contributed by atoms with Gasteiger partial charge in [0, 0.05) is 0 Å². The Balaban J connectivity index is 1.24. The van der Waals surface area contributed by atoms with Crippen LogP contribution in [0, 0.1) is 0 Å². The third-order valence-corrected chi connectivity index (χ3v) is 12.9. The van der Waals surface area contributed by atoms with Crippen molar-refractivity contribution in [3.05, 3.63) is 133 Å². The molecule has 0 aliphatic rings. The molecule has 9 aromatic rings. The third kappa shape index (κ3) is 3.58. The first-order valence-corrected chi connectivity index (χ1v) is 17.0. The monoisotopic (exact) mass is 638 g/mol. The molecule has 0 unspecified atom stereocenters. The summed E-state index contributed by atoms with van der Waals surface area (Å²) in [5.74, 6) is 0. The zero-order chi connectivity index (χ0) is 26.2. The molecule has 186 valence electrons. The summed E-state index contributed by atoms with van der Waals surface area (Å²) in [5, 5.41) is 11.2. The van der Waals surface area contributed by atoms with Gasteiger partial charge in [0.15, 0.2) is 0 Å². The second-order valence-corrected chi connectivity index (χ2v) is 15.1. The molecule has 0 aliphatic carbocycles. The molecule has 0 aliphatic heterocycles. The van der Waals surface area contributed by atoms with Crippen LogP contribution in [0.1, 0.15) is 0 Å². The normalized spacial score (nSPS) is 12.0. The van der Waals surface area contributed by atoms with Crippen molar-refractivity contribution in [2.45, 2.75) is 0 Å². The molecule has 0 radical (unpaired) electrons. The average molecular weight is 637 g/mol. The molecule has 0 bridgehead atoms. The van der Waals surface area contributed by atoms with E-state index >= 15 is 0 Å². The van der Waals surface area contributed by atoms with Gasteiger partial charge in [-0.1, -0.05) is 0 Å². The number of fused-ring (bicyclic) bond motifs is 8. The second-order valence-electron chi connectivity index (χ2n) is 10.6. The van der Waals surface area contributed by atoms with Crippen molar-refractivity contribution in [1.29, 1.82) is 0 Å². The van der Waals surface area contributed by atoms with Crippen LogP contribution in [-0.4, -0.2) is 29.0 Å². The Kier molecular flexibility index (Phi) is 5.03. The van der Waals surface area contributed by atoms with Crippen molar-refractivity contribution in [3.63, 3.8) is 0 Å². The molecule has 2 heteroatoms. The standard InChI is InChI=1S/C38H22Se2/c1-3-7-23(8-4-1)25-11-13-27-19-35-31(17-29(27)15-25)33-21-38-34(22-37(33)39-35)32-18-30-16-26(24-9-5-2-6-10-24)12-14-28(30)20-36(32)40-38/h1-22H. The summed E-state index contributed by atoms with van der Waals surface area (Å²) in [6.45, 7) is 0. The van der Waals surface area contributed by atoms with Gasteiger partial charge in [-0.25, -0.2) is 0 Å². The number of benzene rings is 7. The van der Waals surface area contributed by atoms with E-state index in [2.05, 4.69) is 133 Å². The summed E-state index contributed by atoms with van der Waals surface area (Å²) in [5.41, 5.74) is 5.12. The van der Waals surface area contributed by atoms with Crippen molar-refractivity contribution >= 4 is 89.1 Å². The Morgan fingerprint density at radius 2 is 0.675 bits per heavy atom. The molecule has 0 saturated carbocycles. The fraction of sp³-hybridized carbons (Fsp3) is 0. The average Bonchev–Trinajstić information content (AvgIpc) is 3.53. The summed E-state index contributed by atoms with van der Waals surface area (Å²) in [6, 6.07) is 50.1. The van der Waals surface area contributed by atoms with Crippen LogP contribution in [0.15, 0.2) is 133 Å². The van der Waals surface area contributed by atoms with Crippen molar-refractivity contribution in [3.8, 4) is 22.3 Å². The Bertz CT molecular complexity index is 2240. The van der Waals surface area contributed by atoms with Crippen LogP contribution in [0.4, 0.5) is 0 Å². The molecule has 0 saturated heterocycles. The molecule has 7 aromatic carbocycles. The summed E-state index contributed by atoms with van der Waals surface area (Å²) in [7, 11) is 0. The van der Waals surface area contributed by atoms with Crippen LogP contribution < -0.4 is 0 Å². The molecule has 0 amide bonds. The van der Waals surface area contributed by atoms with Gasteiger partial charge < -0.3 is 0 Å². The zero-order valence-corrected chi connectivity index (χ0v) is 24.9. The first kappa shape index (κ1) is 22.9. The molecule has 2 heterocycles. The van der Waals surface area contributed by atoms with E-state index in [4.69, 9.17) is 0 Å². The minimum absolute atomic E-state index is 0.332. The summed E-state index contributed by atoms with van der Waals surface area (Å²) in [4.78, 5) is 0. The van der Waals surface area contributed by atoms with E-state index in [0.29, 0.717) is 29.0 Å². The third-order valence-electron chi connectivity index (χ3n) is 8.19. The molecular weight excluding hydrogens is 614 g/mol. The Morgan fingerprint density at radius 3 is 1.12 bits per heavy atom. The fourth-order valence-electron chi connectivity index (χ4n) is 6.15. The zero-order valence-electron chi connectivity index (χ0n) is 21.5. The van der Waals surface area contributed by atoms with Crippen molar-refractivity contribution in [2.24, 2.45) is 0 Å². The minimum atomic E-state index is 0.332. The van der Waals surface area contributed by atoms with Crippen molar-refractivity contribution in [2.75, 3.05) is 0 Å². The maximum absolute atomic E-state index is 2.53. The Hall–Kier alpha value is -3.90. The molecule has 0 atom stereocenters. The topological polar surface area (TPSA) is 0 Å². The maximum atomic E-state index is 2.53. The van der Waals surface area contributed by atoms with Gasteiger partial charge in [0.1, 0.15) is 0 Å². The van der Waals surface area contributed by atoms with Gasteiger partial charge in [-0.15, -0.1) is 0 Å². The molecule has 0 fully saturated rings. The first-order valence-electron chi connectivity index (χ1n) is 13.6. The second kappa shape index (κ2) is 8.80. The summed E-state index contributed by atoms with van der Waals surface area (Å²) in [6.07, 6.45) is 0.